The van der Waals surface area contributed by atoms with Crippen LogP contribution in [0.3, 0.4) is 0 Å². The lowest BCUT2D eigenvalue weighted by Crippen LogP contribution is -2.61. The number of rotatable bonds is 6. The molecule has 14 heteroatoms. The molecule has 4 rings (SSSR count). The number of imide groups is 2. The van der Waals surface area contributed by atoms with Crippen molar-refractivity contribution in [1.29, 1.82) is 0 Å². The van der Waals surface area contributed by atoms with Gasteiger partial charge in [0.05, 0.1) is 13.1 Å². The maximum atomic E-state index is 12.1. The SMILES string of the molecule is CC(C)(C)N(C[C@@]1(C2CC2)NC(=O)NC1=O)C(=O)O.CC(C)(C)OC(=O)NC[C@@]1(C2CC2)NC(=O)NC1=O. The fourth-order valence-electron chi connectivity index (χ4n) is 4.61. The lowest BCUT2D eigenvalue weighted by atomic mass is 9.90. The molecule has 2 heterocycles. The van der Waals surface area contributed by atoms with E-state index >= 15 is 0 Å². The van der Waals surface area contributed by atoms with Gasteiger partial charge in [0.2, 0.25) is 0 Å². The summed E-state index contributed by atoms with van der Waals surface area (Å²) >= 11 is 0. The van der Waals surface area contributed by atoms with Crippen LogP contribution in [0, 0.1) is 11.8 Å². The molecule has 0 aromatic rings. The Labute approximate surface area is 221 Å². The molecule has 2 saturated carbocycles. The first-order chi connectivity index (χ1) is 17.4. The molecule has 2 atom stereocenters. The second kappa shape index (κ2) is 9.95. The van der Waals surface area contributed by atoms with Crippen molar-refractivity contribution in [2.24, 2.45) is 11.8 Å². The van der Waals surface area contributed by atoms with Gasteiger partial charge in [0.1, 0.15) is 16.7 Å². The average molecular weight is 539 g/mol. The number of carboxylic acid groups (broad SMARTS) is 1. The second-order valence-electron chi connectivity index (χ2n) is 12.2. The first-order valence-electron chi connectivity index (χ1n) is 12.6. The predicted octanol–water partition coefficient (Wildman–Crippen LogP) is 1.25. The first kappa shape index (κ1) is 29.0. The third-order valence-corrected chi connectivity index (χ3v) is 6.84. The van der Waals surface area contributed by atoms with Gasteiger partial charge in [-0.15, -0.1) is 0 Å². The zero-order valence-electron chi connectivity index (χ0n) is 22.6. The molecule has 0 radical (unpaired) electrons. The number of ether oxygens (including phenoxy) is 1. The molecule has 0 unspecified atom stereocenters. The van der Waals surface area contributed by atoms with Crippen molar-refractivity contribution < 1.29 is 38.6 Å². The summed E-state index contributed by atoms with van der Waals surface area (Å²) in [6, 6.07) is -1.06. The minimum Gasteiger partial charge on any atom is -0.465 e. The number of carbonyl (C=O) groups excluding carboxylic acids is 5. The van der Waals surface area contributed by atoms with E-state index in [2.05, 4.69) is 26.6 Å². The van der Waals surface area contributed by atoms with Crippen molar-refractivity contribution in [3.05, 3.63) is 0 Å². The molecule has 212 valence electrons. The Kier molecular flexibility index (Phi) is 7.59. The highest BCUT2D eigenvalue weighted by atomic mass is 16.6. The topological polar surface area (TPSA) is 195 Å². The molecular weight excluding hydrogens is 500 g/mol. The van der Waals surface area contributed by atoms with Crippen LogP contribution < -0.4 is 26.6 Å². The van der Waals surface area contributed by atoms with Crippen LogP contribution in [0.15, 0.2) is 0 Å². The first-order valence-corrected chi connectivity index (χ1v) is 12.6. The van der Waals surface area contributed by atoms with E-state index < -0.39 is 52.4 Å². The standard InChI is InChI=1S/2C12H19N3O4/c1-11(2,3)15(10(18)19)6-12(7-4-5-7)8(16)13-9(17)14-12;1-11(2,3)19-10(18)13-6-12(7-4-5-7)8(16)14-9(17)15-12/h7H,4-6H2,1-3H3,(H,18,19)(H2,13,14,16,17);7H,4-6H2,1-3H3,(H,13,18)(H2,14,15,16,17)/t2*12-/m00/s1. The van der Waals surface area contributed by atoms with Crippen LogP contribution in [-0.2, 0) is 14.3 Å². The summed E-state index contributed by atoms with van der Waals surface area (Å²) in [5, 5.41) is 21.6. The zero-order valence-corrected chi connectivity index (χ0v) is 22.6. The Balaban J connectivity index is 0.000000211. The van der Waals surface area contributed by atoms with E-state index in [-0.39, 0.29) is 30.8 Å². The van der Waals surface area contributed by atoms with Gasteiger partial charge in [-0.2, -0.15) is 0 Å². The third-order valence-electron chi connectivity index (χ3n) is 6.84. The number of amides is 8. The van der Waals surface area contributed by atoms with Crippen LogP contribution in [0.5, 0.6) is 0 Å². The van der Waals surface area contributed by atoms with Gasteiger partial charge in [0.15, 0.2) is 0 Å². The van der Waals surface area contributed by atoms with Crippen molar-refractivity contribution in [3.8, 4) is 0 Å². The fraction of sp³-hybridized carbons (Fsp3) is 0.750. The fourth-order valence-corrected chi connectivity index (χ4v) is 4.61. The molecule has 38 heavy (non-hydrogen) atoms. The summed E-state index contributed by atoms with van der Waals surface area (Å²) in [7, 11) is 0. The molecule has 2 aliphatic carbocycles. The van der Waals surface area contributed by atoms with Gasteiger partial charge in [-0.3, -0.25) is 20.2 Å². The second-order valence-corrected chi connectivity index (χ2v) is 12.2. The number of alkyl carbamates (subject to hydrolysis) is 1. The summed E-state index contributed by atoms with van der Waals surface area (Å²) in [6.07, 6.45) is 1.69. The molecule has 6 N–H and O–H groups in total. The van der Waals surface area contributed by atoms with Crippen molar-refractivity contribution >= 4 is 36.1 Å². The van der Waals surface area contributed by atoms with Crippen LogP contribution >= 0.6 is 0 Å². The van der Waals surface area contributed by atoms with E-state index in [1.54, 1.807) is 41.5 Å². The smallest absolute Gasteiger partial charge is 0.407 e. The maximum absolute atomic E-state index is 12.1. The average Bonchev–Trinajstić information content (AvgIpc) is 3.65. The minimum atomic E-state index is -1.11. The van der Waals surface area contributed by atoms with Crippen molar-refractivity contribution in [3.63, 3.8) is 0 Å². The third kappa shape index (κ3) is 6.45. The molecule has 0 aromatic heterocycles. The number of nitrogens with one attached hydrogen (secondary N) is 5. The Bertz CT molecular complexity index is 1020. The van der Waals surface area contributed by atoms with E-state index in [9.17, 15) is 33.9 Å². The summed E-state index contributed by atoms with van der Waals surface area (Å²) in [5.74, 6) is -0.705. The lowest BCUT2D eigenvalue weighted by molar-refractivity contribution is -0.126. The van der Waals surface area contributed by atoms with E-state index in [0.29, 0.717) is 0 Å². The lowest BCUT2D eigenvalue weighted by Gasteiger charge is -2.39. The summed E-state index contributed by atoms with van der Waals surface area (Å²) in [6.45, 7) is 10.6. The molecule has 2 aliphatic heterocycles. The summed E-state index contributed by atoms with van der Waals surface area (Å²) in [5.41, 5.74) is -3.37. The number of carbonyl (C=O) groups is 6. The maximum Gasteiger partial charge on any atom is 0.407 e. The quantitative estimate of drug-likeness (QED) is 0.272. The highest BCUT2D eigenvalue weighted by Gasteiger charge is 2.58. The van der Waals surface area contributed by atoms with E-state index in [0.717, 1.165) is 25.7 Å². The Morgan fingerprint density at radius 1 is 0.895 bits per heavy atom. The molecule has 0 bridgehead atoms. The molecule has 14 nitrogen and oxygen atoms in total. The summed E-state index contributed by atoms with van der Waals surface area (Å²) < 4.78 is 5.11. The Hall–Kier alpha value is -3.58. The van der Waals surface area contributed by atoms with E-state index in [1.165, 1.54) is 4.90 Å². The number of urea groups is 2. The van der Waals surface area contributed by atoms with E-state index in [4.69, 9.17) is 4.74 Å². The largest absolute Gasteiger partial charge is 0.465 e. The Morgan fingerprint density at radius 2 is 1.34 bits per heavy atom. The van der Waals surface area contributed by atoms with Crippen LogP contribution in [0.25, 0.3) is 0 Å². The van der Waals surface area contributed by atoms with Crippen molar-refractivity contribution in [2.75, 3.05) is 13.1 Å². The molecule has 4 aliphatic rings. The Morgan fingerprint density at radius 3 is 1.68 bits per heavy atom. The molecule has 8 amide bonds. The van der Waals surface area contributed by atoms with Gasteiger partial charge < -0.3 is 30.7 Å². The highest BCUT2D eigenvalue weighted by Crippen LogP contribution is 2.43. The molecule has 0 aromatic carbocycles. The number of nitrogens with zero attached hydrogens (tertiary/aromatic N) is 1. The van der Waals surface area contributed by atoms with Crippen LogP contribution in [0.4, 0.5) is 19.2 Å². The van der Waals surface area contributed by atoms with Crippen molar-refractivity contribution in [1.82, 2.24) is 31.5 Å². The molecular formula is C24H38N6O8. The summed E-state index contributed by atoms with van der Waals surface area (Å²) in [4.78, 5) is 70.8. The van der Waals surface area contributed by atoms with Gasteiger partial charge >= 0.3 is 24.2 Å². The van der Waals surface area contributed by atoms with Crippen LogP contribution in [0.2, 0.25) is 0 Å². The van der Waals surface area contributed by atoms with Crippen LogP contribution in [0.1, 0.15) is 67.2 Å². The van der Waals surface area contributed by atoms with Crippen LogP contribution in [-0.4, -0.2) is 81.4 Å². The highest BCUT2D eigenvalue weighted by molar-refractivity contribution is 6.08. The van der Waals surface area contributed by atoms with Gasteiger partial charge in [0.25, 0.3) is 11.8 Å². The van der Waals surface area contributed by atoms with Gasteiger partial charge in [-0.25, -0.2) is 19.2 Å². The normalized spacial score (nSPS) is 26.8. The van der Waals surface area contributed by atoms with E-state index in [1.807, 2.05) is 0 Å². The van der Waals surface area contributed by atoms with Crippen molar-refractivity contribution in [2.45, 2.75) is 89.4 Å². The molecule has 2 saturated heterocycles. The minimum absolute atomic E-state index is 0.0168. The van der Waals surface area contributed by atoms with Gasteiger partial charge in [-0.05, 0) is 79.1 Å². The monoisotopic (exact) mass is 538 g/mol. The number of hydrogen-bond donors (Lipinski definition) is 6. The number of hydrogen-bond acceptors (Lipinski definition) is 7. The van der Waals surface area contributed by atoms with Gasteiger partial charge in [0, 0.05) is 5.54 Å². The van der Waals surface area contributed by atoms with Gasteiger partial charge in [-0.1, -0.05) is 0 Å². The molecule has 0 spiro atoms. The molecule has 4 fully saturated rings. The zero-order chi connectivity index (χ0) is 28.7. The predicted molar refractivity (Wildman–Crippen MR) is 133 cm³/mol.